The maximum absolute atomic E-state index is 12.0. The average Bonchev–Trinajstić information content (AvgIpc) is 2.42. The Labute approximate surface area is 119 Å². The number of Topliss-reactive ketones (excluding diaryl/α,β-unsaturated/α-hetero) is 1. The van der Waals surface area contributed by atoms with Crippen molar-refractivity contribution in [3.63, 3.8) is 0 Å². The van der Waals surface area contributed by atoms with E-state index in [0.717, 1.165) is 24.8 Å². The number of halogens is 1. The van der Waals surface area contributed by atoms with E-state index in [1.165, 1.54) is 30.4 Å². The van der Waals surface area contributed by atoms with Gasteiger partial charge in [-0.25, -0.2) is 0 Å². The van der Waals surface area contributed by atoms with Gasteiger partial charge >= 0.3 is 0 Å². The molecule has 100 valence electrons. The summed E-state index contributed by atoms with van der Waals surface area (Å²) in [5, 5.41) is 0.420. The second-order valence-corrected chi connectivity index (χ2v) is 5.27. The maximum Gasteiger partial charge on any atom is 0.173 e. The van der Waals surface area contributed by atoms with Crippen molar-refractivity contribution in [1.29, 1.82) is 0 Å². The number of ketones is 1. The summed E-state index contributed by atoms with van der Waals surface area (Å²) in [5.41, 5.74) is 3.59. The molecule has 1 aromatic carbocycles. The first-order chi connectivity index (χ1) is 8.74. The van der Waals surface area contributed by atoms with Gasteiger partial charge in [-0.3, -0.25) is 4.79 Å². The molecular formula is C16H23BrO. The van der Waals surface area contributed by atoms with Crippen LogP contribution in [0.5, 0.6) is 0 Å². The molecule has 0 amide bonds. The summed E-state index contributed by atoms with van der Waals surface area (Å²) in [7, 11) is 0. The molecule has 0 aliphatic heterocycles. The van der Waals surface area contributed by atoms with Crippen LogP contribution in [0.2, 0.25) is 0 Å². The minimum atomic E-state index is 0.208. The van der Waals surface area contributed by atoms with Crippen molar-refractivity contribution in [2.75, 3.05) is 5.33 Å². The minimum absolute atomic E-state index is 0.208. The fraction of sp³-hybridized carbons (Fsp3) is 0.562. The van der Waals surface area contributed by atoms with Crippen LogP contribution in [-0.4, -0.2) is 11.1 Å². The largest absolute Gasteiger partial charge is 0.293 e. The van der Waals surface area contributed by atoms with Crippen molar-refractivity contribution >= 4 is 21.7 Å². The molecule has 0 spiro atoms. The summed E-state index contributed by atoms with van der Waals surface area (Å²) in [6, 6.07) is 6.19. The van der Waals surface area contributed by atoms with Crippen LogP contribution >= 0.6 is 15.9 Å². The van der Waals surface area contributed by atoms with Crippen molar-refractivity contribution in [3.05, 3.63) is 34.9 Å². The van der Waals surface area contributed by atoms with Crippen LogP contribution in [0.25, 0.3) is 0 Å². The van der Waals surface area contributed by atoms with Crippen LogP contribution in [0.15, 0.2) is 18.2 Å². The lowest BCUT2D eigenvalue weighted by atomic mass is 9.92. The Morgan fingerprint density at radius 3 is 2.39 bits per heavy atom. The van der Waals surface area contributed by atoms with Gasteiger partial charge in [0.25, 0.3) is 0 Å². The third-order valence-electron chi connectivity index (χ3n) is 3.27. The predicted molar refractivity (Wildman–Crippen MR) is 81.8 cm³/mol. The van der Waals surface area contributed by atoms with Crippen LogP contribution in [0, 0.1) is 0 Å². The van der Waals surface area contributed by atoms with Crippen molar-refractivity contribution < 1.29 is 4.79 Å². The SMILES string of the molecule is CCCCc1cccc(C(=O)CBr)c1CCCC. The molecule has 0 heterocycles. The van der Waals surface area contributed by atoms with Crippen LogP contribution in [-0.2, 0) is 12.8 Å². The third-order valence-corrected chi connectivity index (χ3v) is 3.78. The first-order valence-electron chi connectivity index (χ1n) is 6.94. The summed E-state index contributed by atoms with van der Waals surface area (Å²) in [5.74, 6) is 0.208. The van der Waals surface area contributed by atoms with Gasteiger partial charge in [0.15, 0.2) is 5.78 Å². The van der Waals surface area contributed by atoms with E-state index in [1.807, 2.05) is 12.1 Å². The fourth-order valence-corrected chi connectivity index (χ4v) is 2.52. The lowest BCUT2D eigenvalue weighted by molar-refractivity contribution is 0.102. The second kappa shape index (κ2) is 8.47. The Kier molecular flexibility index (Phi) is 7.26. The van der Waals surface area contributed by atoms with E-state index in [0.29, 0.717) is 5.33 Å². The lowest BCUT2D eigenvalue weighted by Crippen LogP contribution is -2.08. The quantitative estimate of drug-likeness (QED) is 0.490. The number of hydrogen-bond donors (Lipinski definition) is 0. The monoisotopic (exact) mass is 310 g/mol. The molecule has 0 aliphatic rings. The Morgan fingerprint density at radius 1 is 1.11 bits per heavy atom. The zero-order chi connectivity index (χ0) is 13.4. The molecule has 0 aromatic heterocycles. The van der Waals surface area contributed by atoms with Gasteiger partial charge < -0.3 is 0 Å². The number of hydrogen-bond acceptors (Lipinski definition) is 1. The zero-order valence-electron chi connectivity index (χ0n) is 11.5. The Balaban J connectivity index is 3.04. The fourth-order valence-electron chi connectivity index (χ4n) is 2.22. The van der Waals surface area contributed by atoms with Crippen molar-refractivity contribution in [2.45, 2.75) is 52.4 Å². The Morgan fingerprint density at radius 2 is 1.78 bits per heavy atom. The molecule has 1 aromatic rings. The van der Waals surface area contributed by atoms with Crippen LogP contribution in [0.1, 0.15) is 61.0 Å². The Bertz CT molecular complexity index is 385. The van der Waals surface area contributed by atoms with Gasteiger partial charge in [0, 0.05) is 5.56 Å². The highest BCUT2D eigenvalue weighted by molar-refractivity contribution is 9.09. The van der Waals surface area contributed by atoms with Gasteiger partial charge in [-0.05, 0) is 36.8 Å². The number of benzene rings is 1. The number of unbranched alkanes of at least 4 members (excludes halogenated alkanes) is 2. The van der Waals surface area contributed by atoms with Crippen molar-refractivity contribution in [2.24, 2.45) is 0 Å². The molecule has 0 fully saturated rings. The zero-order valence-corrected chi connectivity index (χ0v) is 13.1. The molecule has 0 saturated carbocycles. The lowest BCUT2D eigenvalue weighted by Gasteiger charge is -2.13. The van der Waals surface area contributed by atoms with Gasteiger partial charge in [0.05, 0.1) is 5.33 Å². The van der Waals surface area contributed by atoms with Crippen LogP contribution in [0.4, 0.5) is 0 Å². The third kappa shape index (κ3) is 4.24. The summed E-state index contributed by atoms with van der Waals surface area (Å²) in [4.78, 5) is 12.0. The highest BCUT2D eigenvalue weighted by Crippen LogP contribution is 2.21. The van der Waals surface area contributed by atoms with E-state index < -0.39 is 0 Å². The average molecular weight is 311 g/mol. The van der Waals surface area contributed by atoms with Crippen LogP contribution in [0.3, 0.4) is 0 Å². The summed E-state index contributed by atoms with van der Waals surface area (Å²) >= 11 is 3.28. The molecular weight excluding hydrogens is 288 g/mol. The number of carbonyl (C=O) groups excluding carboxylic acids is 1. The van der Waals surface area contributed by atoms with E-state index in [4.69, 9.17) is 0 Å². The summed E-state index contributed by atoms with van der Waals surface area (Å²) in [6.07, 6.45) is 6.86. The highest BCUT2D eigenvalue weighted by atomic mass is 79.9. The van der Waals surface area contributed by atoms with E-state index in [1.54, 1.807) is 0 Å². The van der Waals surface area contributed by atoms with E-state index in [-0.39, 0.29) is 5.78 Å². The number of carbonyl (C=O) groups is 1. The van der Waals surface area contributed by atoms with E-state index in [2.05, 4.69) is 35.8 Å². The van der Waals surface area contributed by atoms with Gasteiger partial charge in [-0.15, -0.1) is 0 Å². The predicted octanol–water partition coefficient (Wildman–Crippen LogP) is 4.95. The smallest absolute Gasteiger partial charge is 0.173 e. The molecule has 2 heteroatoms. The Hall–Kier alpha value is -0.630. The number of alkyl halides is 1. The molecule has 18 heavy (non-hydrogen) atoms. The van der Waals surface area contributed by atoms with E-state index >= 15 is 0 Å². The normalized spacial score (nSPS) is 10.6. The highest BCUT2D eigenvalue weighted by Gasteiger charge is 2.13. The minimum Gasteiger partial charge on any atom is -0.293 e. The molecule has 0 unspecified atom stereocenters. The summed E-state index contributed by atoms with van der Waals surface area (Å²) < 4.78 is 0. The molecule has 0 N–H and O–H groups in total. The van der Waals surface area contributed by atoms with E-state index in [9.17, 15) is 4.79 Å². The van der Waals surface area contributed by atoms with Crippen molar-refractivity contribution in [1.82, 2.24) is 0 Å². The molecule has 0 radical (unpaired) electrons. The summed E-state index contributed by atoms with van der Waals surface area (Å²) in [6.45, 7) is 4.40. The molecule has 0 aliphatic carbocycles. The number of aryl methyl sites for hydroxylation is 1. The molecule has 1 nitrogen and oxygen atoms in total. The molecule has 0 saturated heterocycles. The molecule has 1 rings (SSSR count). The van der Waals surface area contributed by atoms with Gasteiger partial charge in [-0.1, -0.05) is 60.8 Å². The first kappa shape index (κ1) is 15.4. The van der Waals surface area contributed by atoms with Gasteiger partial charge in [-0.2, -0.15) is 0 Å². The van der Waals surface area contributed by atoms with Gasteiger partial charge in [0.1, 0.15) is 0 Å². The second-order valence-electron chi connectivity index (χ2n) is 4.71. The van der Waals surface area contributed by atoms with Crippen molar-refractivity contribution in [3.8, 4) is 0 Å². The topological polar surface area (TPSA) is 17.1 Å². The van der Waals surface area contributed by atoms with Gasteiger partial charge in [0.2, 0.25) is 0 Å². The molecule has 0 atom stereocenters. The number of rotatable bonds is 8. The molecule has 0 bridgehead atoms. The van der Waals surface area contributed by atoms with Crippen LogP contribution < -0.4 is 0 Å². The maximum atomic E-state index is 12.0. The first-order valence-corrected chi connectivity index (χ1v) is 8.06. The standard InChI is InChI=1S/C16H23BrO/c1-3-5-8-13-9-7-11-15(16(18)12-17)14(13)10-6-4-2/h7,9,11H,3-6,8,10,12H2,1-2H3.